The molecule has 0 aliphatic heterocycles. The Bertz CT molecular complexity index is 726. The summed E-state index contributed by atoms with van der Waals surface area (Å²) in [5, 5.41) is 0. The van der Waals surface area contributed by atoms with Crippen molar-refractivity contribution < 1.29 is 4.42 Å². The van der Waals surface area contributed by atoms with Crippen molar-refractivity contribution in [2.75, 3.05) is 0 Å². The second-order valence-electron chi connectivity index (χ2n) is 4.24. The molecule has 0 radical (unpaired) electrons. The normalized spacial score (nSPS) is 13.7. The molecule has 0 fully saturated rings. The van der Waals surface area contributed by atoms with Crippen LogP contribution >= 0.6 is 15.9 Å². The highest BCUT2D eigenvalue weighted by Gasteiger charge is 2.23. The van der Waals surface area contributed by atoms with Crippen LogP contribution in [0.15, 0.2) is 39.5 Å². The number of halogens is 1. The van der Waals surface area contributed by atoms with Crippen molar-refractivity contribution in [3.05, 3.63) is 46.6 Å². The van der Waals surface area contributed by atoms with Gasteiger partial charge >= 0.3 is 0 Å². The molecule has 3 aromatic rings. The summed E-state index contributed by atoms with van der Waals surface area (Å²) >= 11 is 3.50. The molecule has 0 amide bonds. The number of hydrogen-bond donors (Lipinski definition) is 0. The maximum atomic E-state index is 5.47. The van der Waals surface area contributed by atoms with Crippen LogP contribution in [0, 0.1) is 0 Å². The summed E-state index contributed by atoms with van der Waals surface area (Å²) in [5.41, 5.74) is 4.48. The fourth-order valence-electron chi connectivity index (χ4n) is 2.50. The number of furan rings is 1. The first-order valence-electron chi connectivity index (χ1n) is 5.56. The molecule has 0 saturated carbocycles. The minimum absolute atomic E-state index is 0.954. The van der Waals surface area contributed by atoms with E-state index < -0.39 is 0 Å². The number of rotatable bonds is 0. The van der Waals surface area contributed by atoms with Crippen LogP contribution in [0.3, 0.4) is 0 Å². The molecular weight excluding hydrogens is 280 g/mol. The average molecular weight is 289 g/mol. The van der Waals surface area contributed by atoms with Crippen molar-refractivity contribution in [1.29, 1.82) is 0 Å². The van der Waals surface area contributed by atoms with E-state index >= 15 is 0 Å². The second-order valence-corrected chi connectivity index (χ2v) is 5.16. The summed E-state index contributed by atoms with van der Waals surface area (Å²) in [5.74, 6) is 1.06. The van der Waals surface area contributed by atoms with Gasteiger partial charge in [0.05, 0.1) is 17.7 Å². The number of aromatic nitrogens is 2. The van der Waals surface area contributed by atoms with Crippen LogP contribution in [0.4, 0.5) is 0 Å². The Hall–Kier alpha value is -1.55. The maximum Gasteiger partial charge on any atom is 0.137 e. The summed E-state index contributed by atoms with van der Waals surface area (Å²) in [6, 6.07) is 6.06. The fourth-order valence-corrected chi connectivity index (χ4v) is 2.84. The third-order valence-corrected chi connectivity index (χ3v) is 3.74. The lowest BCUT2D eigenvalue weighted by molar-refractivity contribution is 0.505. The number of fused-ring (bicyclic) bond motifs is 5. The Morgan fingerprint density at radius 2 is 2.18 bits per heavy atom. The van der Waals surface area contributed by atoms with Gasteiger partial charge in [0.2, 0.25) is 0 Å². The average Bonchev–Trinajstić information content (AvgIpc) is 2.91. The highest BCUT2D eigenvalue weighted by molar-refractivity contribution is 9.10. The van der Waals surface area contributed by atoms with Crippen LogP contribution in [-0.2, 0) is 12.8 Å². The zero-order valence-corrected chi connectivity index (χ0v) is 10.6. The number of hydrogen-bond acceptors (Lipinski definition) is 2. The lowest BCUT2D eigenvalue weighted by Gasteiger charge is -2.10. The molecule has 0 aromatic carbocycles. The van der Waals surface area contributed by atoms with E-state index in [9.17, 15) is 0 Å². The van der Waals surface area contributed by atoms with E-state index in [-0.39, 0.29) is 0 Å². The third kappa shape index (κ3) is 1.24. The minimum atomic E-state index is 0.954. The van der Waals surface area contributed by atoms with Gasteiger partial charge in [0.1, 0.15) is 11.4 Å². The molecule has 0 unspecified atom stereocenters. The molecule has 17 heavy (non-hydrogen) atoms. The number of pyridine rings is 1. The summed E-state index contributed by atoms with van der Waals surface area (Å²) in [6.07, 6.45) is 5.76. The van der Waals surface area contributed by atoms with Crippen LogP contribution < -0.4 is 0 Å². The van der Waals surface area contributed by atoms with Crippen molar-refractivity contribution in [3.8, 4) is 11.3 Å². The molecule has 4 heteroatoms. The zero-order chi connectivity index (χ0) is 11.4. The summed E-state index contributed by atoms with van der Waals surface area (Å²) in [7, 11) is 0. The zero-order valence-electron chi connectivity index (χ0n) is 8.98. The van der Waals surface area contributed by atoms with Crippen molar-refractivity contribution >= 4 is 21.6 Å². The highest BCUT2D eigenvalue weighted by Crippen LogP contribution is 2.34. The SMILES string of the molecule is Brc1ccc2nc3c(n2c1)CCc1occc1-3. The predicted octanol–water partition coefficient (Wildman–Crippen LogP) is 3.46. The molecule has 3 heterocycles. The largest absolute Gasteiger partial charge is 0.469 e. The molecule has 0 spiro atoms. The second kappa shape index (κ2) is 3.23. The monoisotopic (exact) mass is 288 g/mol. The molecule has 1 aliphatic rings. The van der Waals surface area contributed by atoms with Crippen molar-refractivity contribution in [2.24, 2.45) is 0 Å². The number of aryl methyl sites for hydroxylation is 2. The van der Waals surface area contributed by atoms with Crippen LogP contribution in [-0.4, -0.2) is 9.38 Å². The summed E-state index contributed by atoms with van der Waals surface area (Å²) < 4.78 is 8.71. The van der Waals surface area contributed by atoms with Gasteiger partial charge in [-0.2, -0.15) is 0 Å². The Morgan fingerprint density at radius 1 is 1.24 bits per heavy atom. The summed E-state index contributed by atoms with van der Waals surface area (Å²) in [6.45, 7) is 0. The van der Waals surface area contributed by atoms with E-state index in [0.717, 1.165) is 40.0 Å². The molecular formula is C13H9BrN2O. The van der Waals surface area contributed by atoms with Crippen molar-refractivity contribution in [2.45, 2.75) is 12.8 Å². The first-order valence-corrected chi connectivity index (χ1v) is 6.35. The quantitative estimate of drug-likeness (QED) is 0.634. The molecule has 0 saturated heterocycles. The van der Waals surface area contributed by atoms with Gasteiger partial charge in [0, 0.05) is 22.7 Å². The fraction of sp³-hybridized carbons (Fsp3) is 0.154. The van der Waals surface area contributed by atoms with Crippen molar-refractivity contribution in [1.82, 2.24) is 9.38 Å². The van der Waals surface area contributed by atoms with E-state index in [1.807, 2.05) is 18.2 Å². The molecule has 3 nitrogen and oxygen atoms in total. The van der Waals surface area contributed by atoms with Gasteiger partial charge in [-0.25, -0.2) is 4.98 Å². The molecule has 0 bridgehead atoms. The standard InChI is InChI=1S/C13H9BrN2O/c14-8-1-4-12-15-13-9-5-6-17-11(9)3-2-10(13)16(12)7-8/h1,4-7H,2-3H2. The first kappa shape index (κ1) is 9.48. The smallest absolute Gasteiger partial charge is 0.137 e. The van der Waals surface area contributed by atoms with E-state index in [0.29, 0.717) is 0 Å². The summed E-state index contributed by atoms with van der Waals surface area (Å²) in [4.78, 5) is 4.69. The van der Waals surface area contributed by atoms with Gasteiger partial charge in [-0.15, -0.1) is 0 Å². The molecule has 0 atom stereocenters. The predicted molar refractivity (Wildman–Crippen MR) is 68.0 cm³/mol. The Balaban J connectivity index is 2.10. The molecule has 0 N–H and O–H groups in total. The Labute approximate surface area is 106 Å². The first-order chi connectivity index (χ1) is 8.33. The van der Waals surface area contributed by atoms with E-state index in [2.05, 4.69) is 26.5 Å². The van der Waals surface area contributed by atoms with Gasteiger partial charge < -0.3 is 8.82 Å². The van der Waals surface area contributed by atoms with Gasteiger partial charge in [-0.3, -0.25) is 0 Å². The highest BCUT2D eigenvalue weighted by atomic mass is 79.9. The van der Waals surface area contributed by atoms with Gasteiger partial charge in [-0.1, -0.05) is 0 Å². The third-order valence-electron chi connectivity index (χ3n) is 3.27. The number of imidazole rings is 1. The van der Waals surface area contributed by atoms with Gasteiger partial charge in [0.15, 0.2) is 0 Å². The minimum Gasteiger partial charge on any atom is -0.469 e. The molecule has 3 aromatic heterocycles. The topological polar surface area (TPSA) is 30.4 Å². The van der Waals surface area contributed by atoms with Gasteiger partial charge in [0.25, 0.3) is 0 Å². The Morgan fingerprint density at radius 3 is 3.12 bits per heavy atom. The molecule has 84 valence electrons. The van der Waals surface area contributed by atoms with E-state index in [1.165, 1.54) is 5.69 Å². The Kier molecular flexibility index (Phi) is 1.80. The van der Waals surface area contributed by atoms with Crippen molar-refractivity contribution in [3.63, 3.8) is 0 Å². The molecule has 4 rings (SSSR count). The van der Waals surface area contributed by atoms with Crippen LogP contribution in [0.5, 0.6) is 0 Å². The maximum absolute atomic E-state index is 5.47. The van der Waals surface area contributed by atoms with E-state index in [1.54, 1.807) is 6.26 Å². The lowest BCUT2D eigenvalue weighted by atomic mass is 9.99. The van der Waals surface area contributed by atoms with Gasteiger partial charge in [-0.05, 0) is 40.5 Å². The van der Waals surface area contributed by atoms with E-state index in [4.69, 9.17) is 9.40 Å². The number of nitrogens with zero attached hydrogens (tertiary/aromatic N) is 2. The van der Waals surface area contributed by atoms with Crippen LogP contribution in [0.2, 0.25) is 0 Å². The molecule has 1 aliphatic carbocycles. The van der Waals surface area contributed by atoms with Crippen LogP contribution in [0.1, 0.15) is 11.5 Å². The van der Waals surface area contributed by atoms with Crippen LogP contribution in [0.25, 0.3) is 16.9 Å². The lowest BCUT2D eigenvalue weighted by Crippen LogP contribution is -2.03.